The molecular weight excluding hydrogens is 222 g/mol. The summed E-state index contributed by atoms with van der Waals surface area (Å²) in [6.45, 7) is 7.78. The maximum atomic E-state index is 5.68. The first kappa shape index (κ1) is 13.4. The lowest BCUT2D eigenvalue weighted by Crippen LogP contribution is -2.28. The molecular formula is C16H25NO. The van der Waals surface area contributed by atoms with Crippen molar-refractivity contribution in [3.8, 4) is 5.75 Å². The maximum Gasteiger partial charge on any atom is 0.126 e. The van der Waals surface area contributed by atoms with E-state index in [1.807, 2.05) is 0 Å². The van der Waals surface area contributed by atoms with Gasteiger partial charge in [-0.1, -0.05) is 32.4 Å². The van der Waals surface area contributed by atoms with E-state index in [4.69, 9.17) is 4.74 Å². The molecule has 1 aromatic carbocycles. The number of benzene rings is 1. The fourth-order valence-electron chi connectivity index (χ4n) is 2.96. The van der Waals surface area contributed by atoms with Crippen LogP contribution in [0.1, 0.15) is 61.8 Å². The van der Waals surface area contributed by atoms with Crippen molar-refractivity contribution >= 4 is 0 Å². The smallest absolute Gasteiger partial charge is 0.126 e. The Morgan fingerprint density at radius 2 is 2.06 bits per heavy atom. The summed E-state index contributed by atoms with van der Waals surface area (Å²) >= 11 is 0. The van der Waals surface area contributed by atoms with Crippen LogP contribution >= 0.6 is 0 Å². The second-order valence-corrected chi connectivity index (χ2v) is 5.58. The summed E-state index contributed by atoms with van der Waals surface area (Å²) < 4.78 is 5.68. The van der Waals surface area contributed by atoms with Gasteiger partial charge in [0.1, 0.15) is 5.75 Å². The van der Waals surface area contributed by atoms with Gasteiger partial charge in [-0.2, -0.15) is 0 Å². The average molecular weight is 247 g/mol. The van der Waals surface area contributed by atoms with Gasteiger partial charge in [0.2, 0.25) is 0 Å². The predicted molar refractivity (Wildman–Crippen MR) is 76.4 cm³/mol. The predicted octanol–water partition coefficient (Wildman–Crippen LogP) is 3.94. The van der Waals surface area contributed by atoms with Crippen LogP contribution in [0, 0.1) is 6.92 Å². The second kappa shape index (κ2) is 5.75. The summed E-state index contributed by atoms with van der Waals surface area (Å²) in [5, 5.41) is 3.65. The molecule has 0 aromatic heterocycles. The Hall–Kier alpha value is -1.02. The first-order valence-corrected chi connectivity index (χ1v) is 7.06. The van der Waals surface area contributed by atoms with Crippen LogP contribution < -0.4 is 10.1 Å². The molecule has 1 saturated heterocycles. The summed E-state index contributed by atoms with van der Waals surface area (Å²) in [5.74, 6) is 1.62. The van der Waals surface area contributed by atoms with Crippen molar-refractivity contribution in [3.05, 3.63) is 28.8 Å². The van der Waals surface area contributed by atoms with Gasteiger partial charge in [-0.25, -0.2) is 0 Å². The third kappa shape index (κ3) is 2.54. The van der Waals surface area contributed by atoms with Gasteiger partial charge in [-0.15, -0.1) is 0 Å². The van der Waals surface area contributed by atoms with Gasteiger partial charge < -0.3 is 10.1 Å². The molecule has 1 aromatic rings. The summed E-state index contributed by atoms with van der Waals surface area (Å²) in [7, 11) is 1.79. The van der Waals surface area contributed by atoms with Crippen molar-refractivity contribution in [2.75, 3.05) is 13.7 Å². The van der Waals surface area contributed by atoms with E-state index in [0.717, 1.165) is 12.3 Å². The van der Waals surface area contributed by atoms with E-state index >= 15 is 0 Å². The molecule has 1 aliphatic heterocycles. The van der Waals surface area contributed by atoms with Crippen LogP contribution in [0.25, 0.3) is 0 Å². The number of nitrogens with one attached hydrogen (secondary N) is 1. The van der Waals surface area contributed by atoms with Crippen LogP contribution in [0.5, 0.6) is 5.75 Å². The minimum absolute atomic E-state index is 0.464. The molecule has 1 atom stereocenters. The first-order chi connectivity index (χ1) is 8.65. The molecule has 100 valence electrons. The molecule has 2 rings (SSSR count). The molecule has 0 radical (unpaired) electrons. The van der Waals surface area contributed by atoms with Crippen LogP contribution in [0.2, 0.25) is 0 Å². The molecule has 1 unspecified atom stereocenters. The molecule has 2 heteroatoms. The highest BCUT2D eigenvalue weighted by molar-refractivity contribution is 5.49. The van der Waals surface area contributed by atoms with E-state index in [1.54, 1.807) is 7.11 Å². The summed E-state index contributed by atoms with van der Waals surface area (Å²) in [6.07, 6.45) is 3.83. The quantitative estimate of drug-likeness (QED) is 0.873. The Morgan fingerprint density at radius 1 is 1.28 bits per heavy atom. The topological polar surface area (TPSA) is 21.3 Å². The minimum atomic E-state index is 0.464. The average Bonchev–Trinajstić information content (AvgIpc) is 2.39. The van der Waals surface area contributed by atoms with Gasteiger partial charge >= 0.3 is 0 Å². The van der Waals surface area contributed by atoms with Crippen molar-refractivity contribution in [3.63, 3.8) is 0 Å². The molecule has 1 heterocycles. The van der Waals surface area contributed by atoms with E-state index in [9.17, 15) is 0 Å². The lowest BCUT2D eigenvalue weighted by atomic mass is 9.87. The fraction of sp³-hybridized carbons (Fsp3) is 0.625. The van der Waals surface area contributed by atoms with E-state index in [-0.39, 0.29) is 0 Å². The van der Waals surface area contributed by atoms with Crippen LogP contribution in [0.4, 0.5) is 0 Å². The first-order valence-electron chi connectivity index (χ1n) is 7.06. The lowest BCUT2D eigenvalue weighted by Gasteiger charge is -2.29. The summed E-state index contributed by atoms with van der Waals surface area (Å²) in [6, 6.07) is 4.92. The number of piperidine rings is 1. The third-order valence-electron chi connectivity index (χ3n) is 3.91. The highest BCUT2D eigenvalue weighted by atomic mass is 16.5. The van der Waals surface area contributed by atoms with Crippen molar-refractivity contribution in [2.24, 2.45) is 0 Å². The van der Waals surface area contributed by atoms with E-state index in [0.29, 0.717) is 12.0 Å². The SMILES string of the molecule is COc1c(C)ccc(C(C)C)c1C1CCCCN1. The normalized spacial score (nSPS) is 20.2. The Bertz CT molecular complexity index is 406. The van der Waals surface area contributed by atoms with E-state index < -0.39 is 0 Å². The van der Waals surface area contributed by atoms with Gasteiger partial charge in [-0.3, -0.25) is 0 Å². The maximum absolute atomic E-state index is 5.68. The molecule has 0 amide bonds. The lowest BCUT2D eigenvalue weighted by molar-refractivity contribution is 0.369. The largest absolute Gasteiger partial charge is 0.496 e. The molecule has 0 saturated carbocycles. The van der Waals surface area contributed by atoms with Gasteiger partial charge in [0.25, 0.3) is 0 Å². The zero-order chi connectivity index (χ0) is 13.1. The molecule has 1 N–H and O–H groups in total. The van der Waals surface area contributed by atoms with Crippen LogP contribution in [-0.4, -0.2) is 13.7 Å². The standard InChI is InChI=1S/C16H25NO/c1-11(2)13-9-8-12(3)16(18-4)15(13)14-7-5-6-10-17-14/h8-9,11,14,17H,5-7,10H2,1-4H3. The monoisotopic (exact) mass is 247 g/mol. The van der Waals surface area contributed by atoms with E-state index in [2.05, 4.69) is 38.2 Å². The number of ether oxygens (including phenoxy) is 1. The van der Waals surface area contributed by atoms with Crippen molar-refractivity contribution in [1.82, 2.24) is 5.32 Å². The van der Waals surface area contributed by atoms with Crippen LogP contribution in [-0.2, 0) is 0 Å². The molecule has 1 aliphatic rings. The summed E-state index contributed by atoms with van der Waals surface area (Å²) in [4.78, 5) is 0. The Morgan fingerprint density at radius 3 is 2.61 bits per heavy atom. The molecule has 0 spiro atoms. The highest BCUT2D eigenvalue weighted by Gasteiger charge is 2.23. The molecule has 0 bridgehead atoms. The van der Waals surface area contributed by atoms with Gasteiger partial charge in [0.15, 0.2) is 0 Å². The zero-order valence-corrected chi connectivity index (χ0v) is 12.0. The third-order valence-corrected chi connectivity index (χ3v) is 3.91. The van der Waals surface area contributed by atoms with Gasteiger partial charge in [-0.05, 0) is 43.4 Å². The molecule has 18 heavy (non-hydrogen) atoms. The Labute approximate surface area is 111 Å². The number of aryl methyl sites for hydroxylation is 1. The summed E-state index contributed by atoms with van der Waals surface area (Å²) in [5.41, 5.74) is 4.06. The molecule has 0 aliphatic carbocycles. The second-order valence-electron chi connectivity index (χ2n) is 5.58. The zero-order valence-electron chi connectivity index (χ0n) is 12.0. The Kier molecular flexibility index (Phi) is 4.28. The van der Waals surface area contributed by atoms with Crippen molar-refractivity contribution in [1.29, 1.82) is 0 Å². The Balaban J connectivity index is 2.48. The van der Waals surface area contributed by atoms with E-state index in [1.165, 1.54) is 36.0 Å². The highest BCUT2D eigenvalue weighted by Crippen LogP contribution is 2.38. The number of hydrogen-bond acceptors (Lipinski definition) is 2. The van der Waals surface area contributed by atoms with Crippen LogP contribution in [0.15, 0.2) is 12.1 Å². The fourth-order valence-corrected chi connectivity index (χ4v) is 2.96. The molecule has 1 fully saturated rings. The minimum Gasteiger partial charge on any atom is -0.496 e. The van der Waals surface area contributed by atoms with Crippen molar-refractivity contribution < 1.29 is 4.74 Å². The number of hydrogen-bond donors (Lipinski definition) is 1. The molecule has 2 nitrogen and oxygen atoms in total. The van der Waals surface area contributed by atoms with Gasteiger partial charge in [0, 0.05) is 11.6 Å². The van der Waals surface area contributed by atoms with Crippen LogP contribution in [0.3, 0.4) is 0 Å². The van der Waals surface area contributed by atoms with Crippen molar-refractivity contribution in [2.45, 2.75) is 52.0 Å². The number of methoxy groups -OCH3 is 1. The van der Waals surface area contributed by atoms with Gasteiger partial charge in [0.05, 0.1) is 7.11 Å². The number of rotatable bonds is 3.